The van der Waals surface area contributed by atoms with Gasteiger partial charge in [0.15, 0.2) is 5.79 Å². The Hall–Kier alpha value is -1.76. The number of nitrogens with zero attached hydrogens (tertiary/aromatic N) is 3. The maximum absolute atomic E-state index is 9.80. The zero-order chi connectivity index (χ0) is 17.7. The van der Waals surface area contributed by atoms with Gasteiger partial charge in [0.25, 0.3) is 0 Å². The van der Waals surface area contributed by atoms with E-state index in [1.807, 2.05) is 50.6 Å². The van der Waals surface area contributed by atoms with Gasteiger partial charge in [0, 0.05) is 24.5 Å². The molecule has 3 rings (SSSR count). The van der Waals surface area contributed by atoms with E-state index in [4.69, 9.17) is 9.47 Å². The first kappa shape index (κ1) is 17.1. The van der Waals surface area contributed by atoms with Gasteiger partial charge in [-0.05, 0) is 46.1 Å². The monoisotopic (exact) mass is 331 g/mol. The first-order valence-corrected chi connectivity index (χ1v) is 8.08. The number of aromatic nitrogens is 1. The Morgan fingerprint density at radius 2 is 2.12 bits per heavy atom. The van der Waals surface area contributed by atoms with E-state index >= 15 is 0 Å². The minimum Gasteiger partial charge on any atom is -0.392 e. The van der Waals surface area contributed by atoms with Gasteiger partial charge in [0.1, 0.15) is 17.5 Å². The van der Waals surface area contributed by atoms with Crippen LogP contribution >= 0.6 is 0 Å². The number of ether oxygens (including phenoxy) is 2. The molecule has 0 unspecified atom stereocenters. The van der Waals surface area contributed by atoms with Gasteiger partial charge in [0.05, 0.1) is 12.6 Å². The van der Waals surface area contributed by atoms with E-state index < -0.39 is 11.4 Å². The van der Waals surface area contributed by atoms with Crippen LogP contribution < -0.4 is 0 Å². The first-order chi connectivity index (χ1) is 11.3. The minimum atomic E-state index is -0.703. The van der Waals surface area contributed by atoms with E-state index in [0.717, 1.165) is 22.7 Å². The lowest BCUT2D eigenvalue weighted by atomic mass is 9.95. The average molecular weight is 331 g/mol. The lowest BCUT2D eigenvalue weighted by molar-refractivity contribution is -0.158. The van der Waals surface area contributed by atoms with Crippen molar-refractivity contribution in [1.82, 2.24) is 4.57 Å². The maximum Gasteiger partial charge on any atom is 0.164 e. The molecule has 130 valence electrons. The molecule has 0 spiro atoms. The van der Waals surface area contributed by atoms with E-state index in [2.05, 4.69) is 16.7 Å². The molecule has 6 nitrogen and oxygen atoms in total. The molecule has 3 atom stereocenters. The second-order valence-corrected chi connectivity index (χ2v) is 6.92. The van der Waals surface area contributed by atoms with Gasteiger partial charge in [-0.3, -0.25) is 4.99 Å². The van der Waals surface area contributed by atoms with E-state index in [1.165, 1.54) is 0 Å². The normalized spacial score (nSPS) is 31.9. The number of rotatable bonds is 4. The molecule has 1 aliphatic heterocycles. The van der Waals surface area contributed by atoms with Crippen LogP contribution in [0, 0.1) is 0 Å². The number of hydrogen-bond donors (Lipinski definition) is 1. The Morgan fingerprint density at radius 3 is 2.71 bits per heavy atom. The molecule has 24 heavy (non-hydrogen) atoms. The molecule has 0 saturated carbocycles. The summed E-state index contributed by atoms with van der Waals surface area (Å²) in [4.78, 5) is 8.46. The Bertz CT molecular complexity index is 732. The predicted octanol–water partition coefficient (Wildman–Crippen LogP) is 2.64. The predicted molar refractivity (Wildman–Crippen MR) is 94.4 cm³/mol. The third-order valence-electron chi connectivity index (χ3n) is 4.99. The van der Waals surface area contributed by atoms with E-state index in [9.17, 15) is 5.11 Å². The van der Waals surface area contributed by atoms with E-state index in [0.29, 0.717) is 0 Å². The smallest absolute Gasteiger partial charge is 0.164 e. The molecule has 1 saturated heterocycles. The summed E-state index contributed by atoms with van der Waals surface area (Å²) in [7, 11) is 1.76. The van der Waals surface area contributed by atoms with Crippen molar-refractivity contribution < 1.29 is 14.6 Å². The zero-order valence-electron chi connectivity index (χ0n) is 14.9. The molecule has 1 N–H and O–H groups in total. The molecule has 0 amide bonds. The Labute approximate surface area is 142 Å². The molecule has 2 aliphatic rings. The Balaban J connectivity index is 2.09. The van der Waals surface area contributed by atoms with Crippen LogP contribution in [-0.2, 0) is 9.47 Å². The molecule has 0 bridgehead atoms. The van der Waals surface area contributed by atoms with Crippen LogP contribution in [0.25, 0.3) is 0 Å². The van der Waals surface area contributed by atoms with Crippen LogP contribution in [0.3, 0.4) is 0 Å². The highest BCUT2D eigenvalue weighted by Crippen LogP contribution is 2.51. The molecule has 0 radical (unpaired) electrons. The van der Waals surface area contributed by atoms with Crippen LogP contribution in [-0.4, -0.2) is 53.2 Å². The van der Waals surface area contributed by atoms with Crippen molar-refractivity contribution in [1.29, 1.82) is 0 Å². The van der Waals surface area contributed by atoms with Crippen LogP contribution in [0.1, 0.15) is 39.3 Å². The number of aliphatic hydroxyl groups excluding tert-OH is 1. The van der Waals surface area contributed by atoms with Crippen LogP contribution in [0.5, 0.6) is 0 Å². The highest BCUT2D eigenvalue weighted by atomic mass is 16.8. The van der Waals surface area contributed by atoms with Gasteiger partial charge in [-0.15, -0.1) is 0 Å². The second kappa shape index (κ2) is 5.65. The van der Waals surface area contributed by atoms with Crippen molar-refractivity contribution >= 4 is 18.2 Å². The summed E-state index contributed by atoms with van der Waals surface area (Å²) in [6.45, 7) is 11.4. The summed E-state index contributed by atoms with van der Waals surface area (Å²) < 4.78 is 14.3. The quantitative estimate of drug-likeness (QED) is 0.681. The van der Waals surface area contributed by atoms with Crippen molar-refractivity contribution in [3.63, 3.8) is 0 Å². The molecular formula is C18H25N3O3. The third-order valence-corrected chi connectivity index (χ3v) is 4.99. The molecular weight excluding hydrogens is 306 g/mol. The van der Waals surface area contributed by atoms with Crippen molar-refractivity contribution in [3.8, 4) is 0 Å². The SMILES string of the molecule is C=Nc1c(/C(C)=N\C)ccn1[C@@H]1C=C(CO)[C@@]2(C)OC(C)(C)O[C@@H]12. The highest BCUT2D eigenvalue weighted by molar-refractivity contribution is 6.02. The van der Waals surface area contributed by atoms with Gasteiger partial charge >= 0.3 is 0 Å². The van der Waals surface area contributed by atoms with Gasteiger partial charge in [-0.2, -0.15) is 0 Å². The first-order valence-electron chi connectivity index (χ1n) is 8.08. The van der Waals surface area contributed by atoms with Gasteiger partial charge in [0.2, 0.25) is 0 Å². The van der Waals surface area contributed by atoms with Crippen LogP contribution in [0.2, 0.25) is 0 Å². The summed E-state index contributed by atoms with van der Waals surface area (Å²) >= 11 is 0. The van der Waals surface area contributed by atoms with Gasteiger partial charge < -0.3 is 19.1 Å². The summed E-state index contributed by atoms with van der Waals surface area (Å²) in [6, 6.07) is 1.85. The third kappa shape index (κ3) is 2.37. The number of aliphatic imine (C=N–C) groups is 2. The van der Waals surface area contributed by atoms with Crippen LogP contribution in [0.15, 0.2) is 33.9 Å². The topological polar surface area (TPSA) is 68.3 Å². The Kier molecular flexibility index (Phi) is 4.02. The van der Waals surface area contributed by atoms with E-state index in [1.54, 1.807) is 7.05 Å². The lowest BCUT2D eigenvalue weighted by Gasteiger charge is -2.27. The average Bonchev–Trinajstić information content (AvgIpc) is 3.13. The van der Waals surface area contributed by atoms with Gasteiger partial charge in [-0.25, -0.2) is 4.99 Å². The summed E-state index contributed by atoms with van der Waals surface area (Å²) in [5.74, 6) is 0.0411. The molecule has 1 aromatic heterocycles. The fourth-order valence-corrected chi connectivity index (χ4v) is 3.80. The molecule has 1 fully saturated rings. The number of fused-ring (bicyclic) bond motifs is 1. The second-order valence-electron chi connectivity index (χ2n) is 6.92. The van der Waals surface area contributed by atoms with Crippen molar-refractivity contribution in [2.45, 2.75) is 51.2 Å². The number of aliphatic hydroxyl groups is 1. The molecule has 0 aromatic carbocycles. The van der Waals surface area contributed by atoms with E-state index in [-0.39, 0.29) is 18.8 Å². The van der Waals surface area contributed by atoms with Crippen molar-refractivity contribution in [2.75, 3.05) is 13.7 Å². The van der Waals surface area contributed by atoms with Gasteiger partial charge in [-0.1, -0.05) is 6.08 Å². The summed E-state index contributed by atoms with van der Waals surface area (Å²) in [6.07, 6.45) is 3.73. The maximum atomic E-state index is 9.80. The molecule has 1 aliphatic carbocycles. The van der Waals surface area contributed by atoms with Crippen molar-refractivity contribution in [2.24, 2.45) is 9.98 Å². The molecule has 1 aromatic rings. The summed E-state index contributed by atoms with van der Waals surface area (Å²) in [5, 5.41) is 9.80. The molecule has 2 heterocycles. The zero-order valence-corrected chi connectivity index (χ0v) is 14.9. The largest absolute Gasteiger partial charge is 0.392 e. The fraction of sp³-hybridized carbons (Fsp3) is 0.556. The minimum absolute atomic E-state index is 0.0661. The standard InChI is InChI=1S/C18H25N3O3/c1-11(19-5)13-7-8-21(16(13)20-6)14-9-12(10-22)18(4)15(14)23-17(2,3)24-18/h7-9,14-15,22H,6,10H2,1-5H3/b19-11-/t14-,15+,18-/m1/s1. The van der Waals surface area contributed by atoms with Crippen LogP contribution in [0.4, 0.5) is 5.82 Å². The fourth-order valence-electron chi connectivity index (χ4n) is 3.80. The highest BCUT2D eigenvalue weighted by Gasteiger charge is 2.58. The van der Waals surface area contributed by atoms with Crippen molar-refractivity contribution in [3.05, 3.63) is 29.5 Å². The summed E-state index contributed by atoms with van der Waals surface area (Å²) in [5.41, 5.74) is 2.01. The molecule has 6 heteroatoms. The lowest BCUT2D eigenvalue weighted by Crippen LogP contribution is -2.39. The number of hydrogen-bond acceptors (Lipinski definition) is 5. The Morgan fingerprint density at radius 1 is 1.42 bits per heavy atom.